The molecule has 7 nitrogen and oxygen atoms in total. The Morgan fingerprint density at radius 2 is 1.79 bits per heavy atom. The molecule has 4 rings (SSSR count). The van der Waals surface area contributed by atoms with E-state index in [-0.39, 0.29) is 11.3 Å². The van der Waals surface area contributed by atoms with Gasteiger partial charge in [-0.15, -0.1) is 11.8 Å². The first-order valence-corrected chi connectivity index (χ1v) is 11.3. The smallest absolute Gasteiger partial charge is 0.233 e. The number of ether oxygens (including phenoxy) is 2. The molecule has 0 bridgehead atoms. The Balaban J connectivity index is 1.34. The Hall–Kier alpha value is -1.93. The lowest BCUT2D eigenvalue weighted by Gasteiger charge is -2.36. The van der Waals surface area contributed by atoms with Crippen molar-refractivity contribution in [3.63, 3.8) is 0 Å². The summed E-state index contributed by atoms with van der Waals surface area (Å²) in [4.78, 5) is 31.1. The first-order valence-electron chi connectivity index (χ1n) is 10.2. The van der Waals surface area contributed by atoms with Crippen LogP contribution in [0.15, 0.2) is 18.2 Å². The van der Waals surface area contributed by atoms with Gasteiger partial charge in [-0.05, 0) is 30.5 Å². The monoisotopic (exact) mass is 419 g/mol. The zero-order valence-electron chi connectivity index (χ0n) is 17.1. The van der Waals surface area contributed by atoms with Crippen molar-refractivity contribution in [3.05, 3.63) is 23.8 Å². The fourth-order valence-corrected chi connectivity index (χ4v) is 5.22. The van der Waals surface area contributed by atoms with Gasteiger partial charge in [0.25, 0.3) is 0 Å². The van der Waals surface area contributed by atoms with Crippen molar-refractivity contribution in [2.45, 2.75) is 18.2 Å². The van der Waals surface area contributed by atoms with Gasteiger partial charge in [-0.3, -0.25) is 14.5 Å². The van der Waals surface area contributed by atoms with Crippen molar-refractivity contribution in [3.8, 4) is 11.5 Å². The molecule has 3 aliphatic rings. The third-order valence-corrected chi connectivity index (χ3v) is 7.18. The van der Waals surface area contributed by atoms with Gasteiger partial charge in [-0.2, -0.15) is 0 Å². The van der Waals surface area contributed by atoms with Crippen molar-refractivity contribution in [1.29, 1.82) is 0 Å². The van der Waals surface area contributed by atoms with E-state index in [1.54, 1.807) is 26.0 Å². The van der Waals surface area contributed by atoms with Crippen molar-refractivity contribution < 1.29 is 19.1 Å². The molecule has 1 atom stereocenters. The molecule has 2 amide bonds. The predicted octanol–water partition coefficient (Wildman–Crippen LogP) is 1.83. The maximum atomic E-state index is 12.5. The van der Waals surface area contributed by atoms with Crippen LogP contribution in [0.2, 0.25) is 0 Å². The van der Waals surface area contributed by atoms with Crippen LogP contribution in [0.25, 0.3) is 0 Å². The molecule has 1 saturated carbocycles. The van der Waals surface area contributed by atoms with Crippen LogP contribution in [0.5, 0.6) is 11.5 Å². The molecule has 0 spiro atoms. The van der Waals surface area contributed by atoms with Crippen LogP contribution in [0.3, 0.4) is 0 Å². The van der Waals surface area contributed by atoms with E-state index in [4.69, 9.17) is 9.47 Å². The molecule has 2 heterocycles. The zero-order chi connectivity index (χ0) is 20.4. The van der Waals surface area contributed by atoms with Gasteiger partial charge in [0, 0.05) is 45.2 Å². The summed E-state index contributed by atoms with van der Waals surface area (Å²) in [7, 11) is 3.25. The van der Waals surface area contributed by atoms with Crippen molar-refractivity contribution in [2.75, 3.05) is 59.2 Å². The summed E-state index contributed by atoms with van der Waals surface area (Å²) in [6, 6.07) is 5.86. The Labute approximate surface area is 176 Å². The molecule has 158 valence electrons. The highest BCUT2D eigenvalue weighted by Gasteiger charge is 2.36. The highest BCUT2D eigenvalue weighted by Crippen LogP contribution is 2.41. The molecule has 1 aromatic rings. The molecule has 29 heavy (non-hydrogen) atoms. The van der Waals surface area contributed by atoms with E-state index in [1.165, 1.54) is 0 Å². The number of carbonyl (C=O) groups excluding carboxylic acids is 2. The van der Waals surface area contributed by atoms with Crippen LogP contribution in [-0.2, 0) is 9.59 Å². The van der Waals surface area contributed by atoms with Gasteiger partial charge in [-0.25, -0.2) is 0 Å². The number of rotatable bonds is 7. The summed E-state index contributed by atoms with van der Waals surface area (Å²) >= 11 is 1.65. The molecule has 8 heteroatoms. The molecule has 1 aliphatic carbocycles. The number of methoxy groups -OCH3 is 2. The van der Waals surface area contributed by atoms with Crippen LogP contribution in [0.1, 0.15) is 23.8 Å². The van der Waals surface area contributed by atoms with Crippen LogP contribution in [-0.4, -0.2) is 85.8 Å². The Kier molecular flexibility index (Phi) is 6.20. The maximum Gasteiger partial charge on any atom is 0.233 e. The second-order valence-corrected chi connectivity index (χ2v) is 8.87. The number of thioether (sulfide) groups is 1. The number of nitrogens with zero attached hydrogens (tertiary/aromatic N) is 3. The number of piperazine rings is 1. The van der Waals surface area contributed by atoms with Gasteiger partial charge in [-0.1, -0.05) is 6.07 Å². The van der Waals surface area contributed by atoms with E-state index in [2.05, 4.69) is 4.90 Å². The average Bonchev–Trinajstić information content (AvgIpc) is 3.54. The molecule has 0 aromatic heterocycles. The summed E-state index contributed by atoms with van der Waals surface area (Å²) in [5, 5.41) is 0.0000366. The summed E-state index contributed by atoms with van der Waals surface area (Å²) in [5.41, 5.74) is 1.05. The Morgan fingerprint density at radius 3 is 2.45 bits per heavy atom. The van der Waals surface area contributed by atoms with Crippen molar-refractivity contribution in [1.82, 2.24) is 14.7 Å². The zero-order valence-corrected chi connectivity index (χ0v) is 18.0. The SMILES string of the molecule is COc1ccc([C@H]2SCC(=O)N2CCN2CCN(C(=O)C3CC3)CC2)cc1OC. The minimum absolute atomic E-state index is 0.0000366. The molecule has 0 unspecified atom stereocenters. The van der Waals surface area contributed by atoms with E-state index in [0.717, 1.165) is 51.1 Å². The van der Waals surface area contributed by atoms with E-state index in [1.807, 2.05) is 28.0 Å². The second kappa shape index (κ2) is 8.83. The predicted molar refractivity (Wildman–Crippen MR) is 112 cm³/mol. The second-order valence-electron chi connectivity index (χ2n) is 7.81. The van der Waals surface area contributed by atoms with Gasteiger partial charge in [0.1, 0.15) is 5.37 Å². The number of hydrogen-bond acceptors (Lipinski definition) is 6. The molecule has 3 fully saturated rings. The highest BCUT2D eigenvalue weighted by molar-refractivity contribution is 8.00. The average molecular weight is 420 g/mol. The number of hydrogen-bond donors (Lipinski definition) is 0. The largest absolute Gasteiger partial charge is 0.493 e. The first-order chi connectivity index (χ1) is 14.1. The van der Waals surface area contributed by atoms with Gasteiger partial charge >= 0.3 is 0 Å². The normalized spacial score (nSPS) is 22.8. The third-order valence-electron chi connectivity index (χ3n) is 5.93. The van der Waals surface area contributed by atoms with Gasteiger partial charge < -0.3 is 19.3 Å². The molecule has 1 aromatic carbocycles. The maximum absolute atomic E-state index is 12.5. The van der Waals surface area contributed by atoms with Gasteiger partial charge in [0.05, 0.1) is 20.0 Å². The lowest BCUT2D eigenvalue weighted by molar-refractivity contribution is -0.134. The molecular formula is C21H29N3O4S. The topological polar surface area (TPSA) is 62.3 Å². The number of benzene rings is 1. The van der Waals surface area contributed by atoms with Crippen LogP contribution >= 0.6 is 11.8 Å². The third kappa shape index (κ3) is 4.48. The minimum Gasteiger partial charge on any atom is -0.493 e. The highest BCUT2D eigenvalue weighted by atomic mass is 32.2. The number of amides is 2. The summed E-state index contributed by atoms with van der Waals surface area (Å²) in [6.45, 7) is 4.90. The molecule has 2 saturated heterocycles. The van der Waals surface area contributed by atoms with Crippen LogP contribution in [0.4, 0.5) is 0 Å². The quantitative estimate of drug-likeness (QED) is 0.672. The van der Waals surface area contributed by atoms with Crippen molar-refractivity contribution in [2.24, 2.45) is 5.92 Å². The first kappa shape index (κ1) is 20.3. The summed E-state index contributed by atoms with van der Waals surface area (Å²) < 4.78 is 10.8. The summed E-state index contributed by atoms with van der Waals surface area (Å²) in [5.74, 6) is 2.68. The molecule has 2 aliphatic heterocycles. The molecule has 0 radical (unpaired) electrons. The fourth-order valence-electron chi connectivity index (χ4n) is 4.01. The number of carbonyl (C=O) groups is 2. The van der Waals surface area contributed by atoms with Gasteiger partial charge in [0.2, 0.25) is 11.8 Å². The summed E-state index contributed by atoms with van der Waals surface area (Å²) in [6.07, 6.45) is 2.12. The standard InChI is InChI=1S/C21H29N3O4S/c1-27-17-6-5-16(13-18(17)28-2)21-24(19(25)14-29-21)12-9-22-7-10-23(11-8-22)20(26)15-3-4-15/h5-6,13,15,21H,3-4,7-12,14H2,1-2H3/t21-/m1/s1. The van der Waals surface area contributed by atoms with Crippen LogP contribution in [0, 0.1) is 5.92 Å². The lowest BCUT2D eigenvalue weighted by atomic mass is 10.1. The Morgan fingerprint density at radius 1 is 1.07 bits per heavy atom. The van der Waals surface area contributed by atoms with E-state index in [9.17, 15) is 9.59 Å². The van der Waals surface area contributed by atoms with E-state index >= 15 is 0 Å². The molecular weight excluding hydrogens is 390 g/mol. The molecule has 0 N–H and O–H groups in total. The van der Waals surface area contributed by atoms with E-state index in [0.29, 0.717) is 35.6 Å². The van der Waals surface area contributed by atoms with Crippen LogP contribution < -0.4 is 9.47 Å². The lowest BCUT2D eigenvalue weighted by Crippen LogP contribution is -2.50. The van der Waals surface area contributed by atoms with Gasteiger partial charge in [0.15, 0.2) is 11.5 Å². The van der Waals surface area contributed by atoms with E-state index < -0.39 is 0 Å². The van der Waals surface area contributed by atoms with Crippen molar-refractivity contribution >= 4 is 23.6 Å². The fraction of sp³-hybridized carbons (Fsp3) is 0.619. The Bertz CT molecular complexity index is 762. The minimum atomic E-state index is 0.0000366.